The molecule has 0 aliphatic heterocycles. The average molecular weight is 337 g/mol. The van der Waals surface area contributed by atoms with Gasteiger partial charge in [-0.25, -0.2) is 4.79 Å². The van der Waals surface area contributed by atoms with Crippen LogP contribution in [0.3, 0.4) is 0 Å². The van der Waals surface area contributed by atoms with E-state index in [4.69, 9.17) is 5.11 Å². The Labute approximate surface area is 122 Å². The Bertz CT molecular complexity index is 688. The Morgan fingerprint density at radius 2 is 1.90 bits per heavy atom. The summed E-state index contributed by atoms with van der Waals surface area (Å²) in [6, 6.07) is 11.1. The highest BCUT2D eigenvalue weighted by Gasteiger charge is 2.19. The SMILES string of the molecule is O=C(O)c1cc(Nc2cccc(Br)c2)ccc1[N+](=O)[O-]. The minimum atomic E-state index is -1.34. The maximum atomic E-state index is 11.0. The van der Waals surface area contributed by atoms with E-state index in [0.717, 1.165) is 10.2 Å². The summed E-state index contributed by atoms with van der Waals surface area (Å²) in [5.74, 6) is -1.34. The van der Waals surface area contributed by atoms with Crippen LogP contribution >= 0.6 is 15.9 Å². The van der Waals surface area contributed by atoms with Gasteiger partial charge in [0.2, 0.25) is 0 Å². The second-order valence-electron chi connectivity index (χ2n) is 3.93. The van der Waals surface area contributed by atoms with Crippen LogP contribution in [0.15, 0.2) is 46.9 Å². The largest absolute Gasteiger partial charge is 0.477 e. The number of nitrogens with zero attached hydrogens (tertiary/aromatic N) is 1. The third-order valence-corrected chi connectivity index (χ3v) is 3.03. The molecule has 0 radical (unpaired) electrons. The average Bonchev–Trinajstić information content (AvgIpc) is 2.38. The third kappa shape index (κ3) is 3.12. The topological polar surface area (TPSA) is 92.5 Å². The van der Waals surface area contributed by atoms with Crippen molar-refractivity contribution in [2.45, 2.75) is 0 Å². The van der Waals surface area contributed by atoms with Crippen molar-refractivity contribution in [3.05, 3.63) is 62.6 Å². The lowest BCUT2D eigenvalue weighted by Crippen LogP contribution is -2.03. The van der Waals surface area contributed by atoms with Crippen molar-refractivity contribution in [2.24, 2.45) is 0 Å². The van der Waals surface area contributed by atoms with E-state index in [2.05, 4.69) is 21.2 Å². The number of nitrogens with one attached hydrogen (secondary N) is 1. The van der Waals surface area contributed by atoms with Gasteiger partial charge in [0.25, 0.3) is 5.69 Å². The van der Waals surface area contributed by atoms with Crippen LogP contribution in [0.2, 0.25) is 0 Å². The number of rotatable bonds is 4. The van der Waals surface area contributed by atoms with Crippen molar-refractivity contribution in [2.75, 3.05) is 5.32 Å². The van der Waals surface area contributed by atoms with Gasteiger partial charge in [0.15, 0.2) is 0 Å². The van der Waals surface area contributed by atoms with Crippen LogP contribution in [-0.4, -0.2) is 16.0 Å². The first-order chi connectivity index (χ1) is 9.47. The Morgan fingerprint density at radius 3 is 2.50 bits per heavy atom. The standard InChI is InChI=1S/C13H9BrN2O4/c14-8-2-1-3-9(6-8)15-10-4-5-12(16(19)20)11(7-10)13(17)18/h1-7,15H,(H,17,18). The number of benzene rings is 2. The number of nitro groups is 1. The zero-order valence-electron chi connectivity index (χ0n) is 10.0. The van der Waals surface area contributed by atoms with Gasteiger partial charge in [-0.2, -0.15) is 0 Å². The summed E-state index contributed by atoms with van der Waals surface area (Å²) in [5, 5.41) is 22.8. The monoisotopic (exact) mass is 336 g/mol. The quantitative estimate of drug-likeness (QED) is 0.654. The smallest absolute Gasteiger partial charge is 0.342 e. The van der Waals surface area contributed by atoms with Gasteiger partial charge >= 0.3 is 5.97 Å². The predicted molar refractivity (Wildman–Crippen MR) is 77.5 cm³/mol. The van der Waals surface area contributed by atoms with E-state index in [1.165, 1.54) is 18.2 Å². The first-order valence-electron chi connectivity index (χ1n) is 5.51. The molecule has 0 heterocycles. The lowest BCUT2D eigenvalue weighted by molar-refractivity contribution is -0.385. The molecule has 102 valence electrons. The second kappa shape index (κ2) is 5.70. The molecular formula is C13H9BrN2O4. The summed E-state index contributed by atoms with van der Waals surface area (Å²) in [4.78, 5) is 21.1. The summed E-state index contributed by atoms with van der Waals surface area (Å²) in [7, 11) is 0. The van der Waals surface area contributed by atoms with Crippen LogP contribution in [-0.2, 0) is 0 Å². The number of halogens is 1. The molecule has 7 heteroatoms. The molecule has 0 atom stereocenters. The van der Waals surface area contributed by atoms with Crippen molar-refractivity contribution in [3.8, 4) is 0 Å². The first-order valence-corrected chi connectivity index (χ1v) is 6.31. The number of nitro benzene ring substituents is 1. The lowest BCUT2D eigenvalue weighted by Gasteiger charge is -2.08. The molecule has 2 rings (SSSR count). The number of carboxylic acids is 1. The highest BCUT2D eigenvalue weighted by molar-refractivity contribution is 9.10. The molecule has 0 bridgehead atoms. The van der Waals surface area contributed by atoms with Gasteiger partial charge in [0, 0.05) is 21.9 Å². The van der Waals surface area contributed by atoms with Crippen molar-refractivity contribution in [3.63, 3.8) is 0 Å². The number of hydrogen-bond acceptors (Lipinski definition) is 4. The predicted octanol–water partition coefficient (Wildman–Crippen LogP) is 3.80. The highest BCUT2D eigenvalue weighted by atomic mass is 79.9. The van der Waals surface area contributed by atoms with Gasteiger partial charge in [-0.15, -0.1) is 0 Å². The number of hydrogen-bond donors (Lipinski definition) is 2. The van der Waals surface area contributed by atoms with Crippen molar-refractivity contribution in [1.82, 2.24) is 0 Å². The van der Waals surface area contributed by atoms with E-state index in [1.54, 1.807) is 6.07 Å². The van der Waals surface area contributed by atoms with Crippen LogP contribution in [0, 0.1) is 10.1 Å². The summed E-state index contributed by atoms with van der Waals surface area (Å²) >= 11 is 3.32. The normalized spacial score (nSPS) is 10.1. The van der Waals surface area contributed by atoms with Crippen molar-refractivity contribution >= 4 is 39.0 Å². The summed E-state index contributed by atoms with van der Waals surface area (Å²) < 4.78 is 0.864. The molecule has 2 N–H and O–H groups in total. The summed E-state index contributed by atoms with van der Waals surface area (Å²) in [6.45, 7) is 0. The Hall–Kier alpha value is -2.41. The molecule has 2 aromatic carbocycles. The number of carbonyl (C=O) groups is 1. The van der Waals surface area contributed by atoms with E-state index in [0.29, 0.717) is 5.69 Å². The molecule has 0 aromatic heterocycles. The molecule has 0 fully saturated rings. The van der Waals surface area contributed by atoms with Gasteiger partial charge in [0.1, 0.15) is 5.56 Å². The van der Waals surface area contributed by atoms with Crippen molar-refractivity contribution < 1.29 is 14.8 Å². The minimum absolute atomic E-state index is 0.352. The van der Waals surface area contributed by atoms with Gasteiger partial charge in [-0.3, -0.25) is 10.1 Å². The molecule has 2 aromatic rings. The molecule has 0 aliphatic carbocycles. The highest BCUT2D eigenvalue weighted by Crippen LogP contribution is 2.26. The van der Waals surface area contributed by atoms with E-state index in [-0.39, 0.29) is 5.56 Å². The minimum Gasteiger partial charge on any atom is -0.477 e. The lowest BCUT2D eigenvalue weighted by atomic mass is 10.1. The number of anilines is 2. The Morgan fingerprint density at radius 1 is 1.20 bits per heavy atom. The maximum absolute atomic E-state index is 11.0. The zero-order chi connectivity index (χ0) is 14.7. The maximum Gasteiger partial charge on any atom is 0.342 e. The van der Waals surface area contributed by atoms with Crippen LogP contribution < -0.4 is 5.32 Å². The van der Waals surface area contributed by atoms with Crippen LogP contribution in [0.4, 0.5) is 17.1 Å². The van der Waals surface area contributed by atoms with E-state index >= 15 is 0 Å². The van der Waals surface area contributed by atoms with Gasteiger partial charge in [-0.05, 0) is 30.3 Å². The first kappa shape index (κ1) is 14.0. The Kier molecular flexibility index (Phi) is 3.99. The van der Waals surface area contributed by atoms with Crippen molar-refractivity contribution in [1.29, 1.82) is 0 Å². The molecule has 0 saturated heterocycles. The number of carboxylic acid groups (broad SMARTS) is 1. The van der Waals surface area contributed by atoms with Gasteiger partial charge in [0.05, 0.1) is 4.92 Å². The van der Waals surface area contributed by atoms with E-state index in [1.807, 2.05) is 18.2 Å². The number of aromatic carboxylic acids is 1. The molecule has 0 spiro atoms. The molecule has 0 saturated carbocycles. The van der Waals surface area contributed by atoms with E-state index < -0.39 is 16.6 Å². The van der Waals surface area contributed by atoms with Gasteiger partial charge in [-0.1, -0.05) is 22.0 Å². The summed E-state index contributed by atoms with van der Waals surface area (Å²) in [6.07, 6.45) is 0. The fourth-order valence-corrected chi connectivity index (χ4v) is 2.08. The summed E-state index contributed by atoms with van der Waals surface area (Å²) in [5.41, 5.74) is 0.419. The molecule has 20 heavy (non-hydrogen) atoms. The van der Waals surface area contributed by atoms with E-state index in [9.17, 15) is 14.9 Å². The van der Waals surface area contributed by atoms with Crippen LogP contribution in [0.1, 0.15) is 10.4 Å². The third-order valence-electron chi connectivity index (χ3n) is 2.54. The van der Waals surface area contributed by atoms with Crippen LogP contribution in [0.25, 0.3) is 0 Å². The fourth-order valence-electron chi connectivity index (χ4n) is 1.68. The van der Waals surface area contributed by atoms with Gasteiger partial charge < -0.3 is 10.4 Å². The molecule has 0 amide bonds. The second-order valence-corrected chi connectivity index (χ2v) is 4.85. The molecule has 0 aliphatic rings. The molecular weight excluding hydrogens is 328 g/mol. The van der Waals surface area contributed by atoms with Crippen LogP contribution in [0.5, 0.6) is 0 Å². The zero-order valence-corrected chi connectivity index (χ0v) is 11.6. The molecule has 0 unspecified atom stereocenters. The molecule has 6 nitrogen and oxygen atoms in total. The Balaban J connectivity index is 2.36. The fraction of sp³-hybridized carbons (Fsp3) is 0.